The molecule has 1 aliphatic heterocycles. The molecule has 2 amide bonds. The Balaban J connectivity index is 0.000000316. The third kappa shape index (κ3) is 6.69. The fourth-order valence-corrected chi connectivity index (χ4v) is 3.92. The highest BCUT2D eigenvalue weighted by molar-refractivity contribution is 5.75. The van der Waals surface area contributed by atoms with Gasteiger partial charge in [0.25, 0.3) is 0 Å². The van der Waals surface area contributed by atoms with Crippen LogP contribution < -0.4 is 5.32 Å². The van der Waals surface area contributed by atoms with E-state index in [1.807, 2.05) is 41.3 Å². The quantitative estimate of drug-likeness (QED) is 0.839. The highest BCUT2D eigenvalue weighted by Crippen LogP contribution is 2.30. The largest absolute Gasteiger partial charge is 0.396 e. The van der Waals surface area contributed by atoms with E-state index in [9.17, 15) is 4.79 Å². The van der Waals surface area contributed by atoms with Gasteiger partial charge in [-0.25, -0.2) is 4.79 Å². The molecule has 25 heavy (non-hydrogen) atoms. The van der Waals surface area contributed by atoms with Crippen molar-refractivity contribution in [2.24, 2.45) is 5.92 Å². The predicted molar refractivity (Wildman–Crippen MR) is 102 cm³/mol. The van der Waals surface area contributed by atoms with E-state index in [0.29, 0.717) is 12.0 Å². The number of urea groups is 1. The summed E-state index contributed by atoms with van der Waals surface area (Å²) in [5, 5.41) is 11.9. The van der Waals surface area contributed by atoms with Crippen molar-refractivity contribution in [1.29, 1.82) is 0 Å². The molecule has 140 valence electrons. The van der Waals surface area contributed by atoms with Crippen LogP contribution in [0.15, 0.2) is 36.4 Å². The molecule has 1 heterocycles. The molecule has 1 aromatic carbocycles. The van der Waals surface area contributed by atoms with Gasteiger partial charge in [0.2, 0.25) is 0 Å². The van der Waals surface area contributed by atoms with Gasteiger partial charge in [0.1, 0.15) is 0 Å². The topological polar surface area (TPSA) is 52.6 Å². The van der Waals surface area contributed by atoms with Crippen LogP contribution in [0.3, 0.4) is 0 Å². The maximum absolute atomic E-state index is 12.2. The summed E-state index contributed by atoms with van der Waals surface area (Å²) in [7, 11) is 0. The van der Waals surface area contributed by atoms with Crippen LogP contribution >= 0.6 is 0 Å². The second-order valence-electron chi connectivity index (χ2n) is 7.29. The number of nitrogens with zero attached hydrogens (tertiary/aromatic N) is 1. The van der Waals surface area contributed by atoms with E-state index >= 15 is 0 Å². The molecule has 4 nitrogen and oxygen atoms in total. The highest BCUT2D eigenvalue weighted by Gasteiger charge is 2.32. The molecule has 0 bridgehead atoms. The van der Waals surface area contributed by atoms with Gasteiger partial charge in [-0.1, -0.05) is 55.7 Å². The van der Waals surface area contributed by atoms with Gasteiger partial charge < -0.3 is 15.3 Å². The number of hydrogen-bond donors (Lipinski definition) is 2. The third-order valence-electron chi connectivity index (χ3n) is 5.51. The van der Waals surface area contributed by atoms with E-state index in [-0.39, 0.29) is 18.7 Å². The fourth-order valence-electron chi connectivity index (χ4n) is 3.92. The molecule has 1 aromatic rings. The molecule has 1 saturated heterocycles. The molecule has 1 aliphatic carbocycles. The van der Waals surface area contributed by atoms with Gasteiger partial charge in [-0.15, -0.1) is 0 Å². The molecule has 2 aliphatic rings. The number of aliphatic hydroxyl groups excluding tert-OH is 1. The van der Waals surface area contributed by atoms with Crippen molar-refractivity contribution >= 4 is 6.03 Å². The lowest BCUT2D eigenvalue weighted by Gasteiger charge is -2.41. The van der Waals surface area contributed by atoms with Crippen molar-refractivity contribution in [2.75, 3.05) is 13.2 Å². The summed E-state index contributed by atoms with van der Waals surface area (Å²) in [6, 6.07) is 12.7. The van der Waals surface area contributed by atoms with Gasteiger partial charge in [0, 0.05) is 25.2 Å². The Morgan fingerprint density at radius 3 is 2.20 bits per heavy atom. The lowest BCUT2D eigenvalue weighted by atomic mass is 9.83. The summed E-state index contributed by atoms with van der Waals surface area (Å²) in [5.74, 6) is 0.688. The van der Waals surface area contributed by atoms with Crippen molar-refractivity contribution in [2.45, 2.75) is 70.4 Å². The Morgan fingerprint density at radius 2 is 1.68 bits per heavy atom. The Morgan fingerprint density at radius 1 is 1.08 bits per heavy atom. The average molecular weight is 347 g/mol. The molecule has 2 atom stereocenters. The zero-order chi connectivity index (χ0) is 17.9. The summed E-state index contributed by atoms with van der Waals surface area (Å²) in [5.41, 5.74) is 0. The fraction of sp³-hybridized carbons (Fsp3) is 0.667. The Hall–Kier alpha value is -1.55. The van der Waals surface area contributed by atoms with Crippen LogP contribution in [0.4, 0.5) is 4.79 Å². The van der Waals surface area contributed by atoms with E-state index in [0.717, 1.165) is 25.8 Å². The van der Waals surface area contributed by atoms with Crippen LogP contribution in [0.1, 0.15) is 58.3 Å². The van der Waals surface area contributed by atoms with Gasteiger partial charge >= 0.3 is 6.03 Å². The zero-order valence-electron chi connectivity index (χ0n) is 15.6. The Kier molecular flexibility index (Phi) is 8.81. The van der Waals surface area contributed by atoms with E-state index < -0.39 is 0 Å². The monoisotopic (exact) mass is 346 g/mol. The van der Waals surface area contributed by atoms with Gasteiger partial charge in [0.05, 0.1) is 0 Å². The molecule has 2 N–H and O–H groups in total. The number of carbonyl (C=O) groups excluding carboxylic acids is 1. The number of aliphatic hydroxyl groups is 1. The molecule has 0 spiro atoms. The first-order valence-electron chi connectivity index (χ1n) is 9.90. The maximum atomic E-state index is 12.2. The van der Waals surface area contributed by atoms with Crippen LogP contribution in [0.25, 0.3) is 0 Å². The molecule has 0 aromatic heterocycles. The minimum atomic E-state index is 0.104. The smallest absolute Gasteiger partial charge is 0.317 e. The number of benzene rings is 1. The molecule has 0 radical (unpaired) electrons. The van der Waals surface area contributed by atoms with Crippen molar-refractivity contribution in [1.82, 2.24) is 10.2 Å². The number of nitrogens with one attached hydrogen (secondary N) is 1. The van der Waals surface area contributed by atoms with E-state index in [1.165, 1.54) is 32.1 Å². The predicted octanol–water partition coefficient (Wildman–Crippen LogP) is 4.20. The first kappa shape index (κ1) is 19.8. The maximum Gasteiger partial charge on any atom is 0.317 e. The van der Waals surface area contributed by atoms with Crippen LogP contribution in [-0.4, -0.2) is 41.3 Å². The number of hydrogen-bond acceptors (Lipinski definition) is 2. The van der Waals surface area contributed by atoms with Crippen LogP contribution in [-0.2, 0) is 0 Å². The summed E-state index contributed by atoms with van der Waals surface area (Å²) < 4.78 is 0. The number of amides is 2. The highest BCUT2D eigenvalue weighted by atomic mass is 16.3. The van der Waals surface area contributed by atoms with Gasteiger partial charge in [-0.05, 0) is 44.9 Å². The Labute approximate surface area is 152 Å². The standard InChI is InChI=1S/C15H28N2O2.C6H6/c1-12(13-6-3-2-4-7-13)17-10-9-14(8-5-11-18)16-15(17)19;1-2-4-6-5-3-1/h12-14,18H,2-11H2,1H3,(H,16,19);1-6H. The van der Waals surface area contributed by atoms with Crippen molar-refractivity contribution in [3.63, 3.8) is 0 Å². The van der Waals surface area contributed by atoms with E-state index in [2.05, 4.69) is 12.2 Å². The van der Waals surface area contributed by atoms with Crippen molar-refractivity contribution in [3.8, 4) is 0 Å². The van der Waals surface area contributed by atoms with E-state index in [1.54, 1.807) is 0 Å². The molecule has 1 saturated carbocycles. The summed E-state index contributed by atoms with van der Waals surface area (Å²) in [6.45, 7) is 3.30. The van der Waals surface area contributed by atoms with Gasteiger partial charge in [-0.3, -0.25) is 0 Å². The molecular formula is C21H34N2O2. The molecule has 4 heteroatoms. The van der Waals surface area contributed by atoms with Crippen LogP contribution in [0.2, 0.25) is 0 Å². The SMILES string of the molecule is CC(C1CCCCC1)N1CCC(CCCO)NC1=O.c1ccccc1. The van der Waals surface area contributed by atoms with Gasteiger partial charge in [0.15, 0.2) is 0 Å². The summed E-state index contributed by atoms with van der Waals surface area (Å²) in [6.07, 6.45) is 9.25. The van der Waals surface area contributed by atoms with Crippen LogP contribution in [0, 0.1) is 5.92 Å². The first-order chi connectivity index (χ1) is 12.2. The minimum Gasteiger partial charge on any atom is -0.396 e. The van der Waals surface area contributed by atoms with E-state index in [4.69, 9.17) is 5.11 Å². The third-order valence-corrected chi connectivity index (χ3v) is 5.51. The molecular weight excluding hydrogens is 312 g/mol. The second-order valence-corrected chi connectivity index (χ2v) is 7.29. The minimum absolute atomic E-state index is 0.104. The molecule has 3 rings (SSSR count). The first-order valence-corrected chi connectivity index (χ1v) is 9.90. The Bertz CT molecular complexity index is 447. The zero-order valence-corrected chi connectivity index (χ0v) is 15.6. The normalized spacial score (nSPS) is 22.6. The average Bonchev–Trinajstić information content (AvgIpc) is 2.68. The summed E-state index contributed by atoms with van der Waals surface area (Å²) in [4.78, 5) is 14.2. The number of carbonyl (C=O) groups is 1. The lowest BCUT2D eigenvalue weighted by molar-refractivity contribution is 0.115. The molecule has 2 fully saturated rings. The van der Waals surface area contributed by atoms with Crippen LogP contribution in [0.5, 0.6) is 0 Å². The molecule has 2 unspecified atom stereocenters. The lowest BCUT2D eigenvalue weighted by Crippen LogP contribution is -2.56. The van der Waals surface area contributed by atoms with Crippen molar-refractivity contribution < 1.29 is 9.90 Å². The number of rotatable bonds is 5. The van der Waals surface area contributed by atoms with Crippen molar-refractivity contribution in [3.05, 3.63) is 36.4 Å². The second kappa shape index (κ2) is 11.1. The van der Waals surface area contributed by atoms with Gasteiger partial charge in [-0.2, -0.15) is 0 Å². The summed E-state index contributed by atoms with van der Waals surface area (Å²) >= 11 is 0.